The lowest BCUT2D eigenvalue weighted by atomic mass is 10.1. The molecule has 20 heavy (non-hydrogen) atoms. The monoisotopic (exact) mass is 273 g/mol. The molecule has 0 saturated carbocycles. The van der Waals surface area contributed by atoms with E-state index in [4.69, 9.17) is 4.74 Å². The quantitative estimate of drug-likeness (QED) is 0.872. The van der Waals surface area contributed by atoms with Crippen molar-refractivity contribution in [1.29, 1.82) is 0 Å². The van der Waals surface area contributed by atoms with E-state index in [1.165, 1.54) is 0 Å². The molecule has 0 fully saturated rings. The Bertz CT molecular complexity index is 561. The summed E-state index contributed by atoms with van der Waals surface area (Å²) in [5.74, 6) is 0.792. The standard InChI is InChI=1S/C15H19N3O2/c1-3-18-11-13(10-17-18)9-16-15(19)8-12-4-6-14(20-2)7-5-12/h4-7,10-11H,3,8-9H2,1-2H3,(H,16,19). The van der Waals surface area contributed by atoms with Crippen LogP contribution in [0.5, 0.6) is 5.75 Å². The maximum atomic E-state index is 11.8. The van der Waals surface area contributed by atoms with Crippen LogP contribution in [-0.2, 0) is 24.3 Å². The highest BCUT2D eigenvalue weighted by Gasteiger charge is 2.04. The maximum absolute atomic E-state index is 11.8. The summed E-state index contributed by atoms with van der Waals surface area (Å²) in [6.45, 7) is 3.37. The summed E-state index contributed by atoms with van der Waals surface area (Å²) in [7, 11) is 1.62. The van der Waals surface area contributed by atoms with Crippen LogP contribution in [0.1, 0.15) is 18.1 Å². The van der Waals surface area contributed by atoms with E-state index in [1.807, 2.05) is 42.1 Å². The van der Waals surface area contributed by atoms with Crippen LogP contribution in [0.4, 0.5) is 0 Å². The van der Waals surface area contributed by atoms with E-state index in [-0.39, 0.29) is 5.91 Å². The summed E-state index contributed by atoms with van der Waals surface area (Å²) in [4.78, 5) is 11.8. The van der Waals surface area contributed by atoms with E-state index in [2.05, 4.69) is 10.4 Å². The third kappa shape index (κ3) is 3.85. The first-order chi connectivity index (χ1) is 9.71. The first kappa shape index (κ1) is 14.1. The molecule has 1 aromatic carbocycles. The fourth-order valence-electron chi connectivity index (χ4n) is 1.86. The average Bonchev–Trinajstić information content (AvgIpc) is 2.94. The van der Waals surface area contributed by atoms with Gasteiger partial charge in [-0.2, -0.15) is 5.10 Å². The van der Waals surface area contributed by atoms with Gasteiger partial charge in [-0.3, -0.25) is 9.48 Å². The van der Waals surface area contributed by atoms with Crippen molar-refractivity contribution in [2.75, 3.05) is 7.11 Å². The number of aryl methyl sites for hydroxylation is 1. The fraction of sp³-hybridized carbons (Fsp3) is 0.333. The maximum Gasteiger partial charge on any atom is 0.224 e. The van der Waals surface area contributed by atoms with E-state index >= 15 is 0 Å². The first-order valence-electron chi connectivity index (χ1n) is 6.62. The van der Waals surface area contributed by atoms with Gasteiger partial charge in [-0.15, -0.1) is 0 Å². The van der Waals surface area contributed by atoms with Crippen molar-refractivity contribution in [2.24, 2.45) is 0 Å². The van der Waals surface area contributed by atoms with Crippen LogP contribution in [0.15, 0.2) is 36.7 Å². The summed E-state index contributed by atoms with van der Waals surface area (Å²) in [6, 6.07) is 7.50. The molecule has 0 spiro atoms. The van der Waals surface area contributed by atoms with Gasteiger partial charge in [0.05, 0.1) is 19.7 Å². The van der Waals surface area contributed by atoms with Crippen LogP contribution in [0.25, 0.3) is 0 Å². The van der Waals surface area contributed by atoms with Gasteiger partial charge in [0.25, 0.3) is 0 Å². The Kier molecular flexibility index (Phi) is 4.76. The Labute approximate surface area is 118 Å². The molecular formula is C15H19N3O2. The summed E-state index contributed by atoms with van der Waals surface area (Å²) in [5.41, 5.74) is 1.97. The Hall–Kier alpha value is -2.30. The minimum absolute atomic E-state index is 0.000541. The van der Waals surface area contributed by atoms with Gasteiger partial charge in [-0.25, -0.2) is 0 Å². The summed E-state index contributed by atoms with van der Waals surface area (Å²) in [6.07, 6.45) is 4.08. The fourth-order valence-corrected chi connectivity index (χ4v) is 1.86. The Morgan fingerprint density at radius 1 is 1.30 bits per heavy atom. The van der Waals surface area contributed by atoms with Gasteiger partial charge >= 0.3 is 0 Å². The molecule has 2 rings (SSSR count). The van der Waals surface area contributed by atoms with Gasteiger partial charge in [-0.05, 0) is 24.6 Å². The number of nitrogens with zero attached hydrogens (tertiary/aromatic N) is 2. The number of carbonyl (C=O) groups excluding carboxylic acids is 1. The van der Waals surface area contributed by atoms with Crippen molar-refractivity contribution in [3.8, 4) is 5.75 Å². The number of amides is 1. The van der Waals surface area contributed by atoms with Crippen LogP contribution in [-0.4, -0.2) is 22.8 Å². The SMILES string of the molecule is CCn1cc(CNC(=O)Cc2ccc(OC)cc2)cn1. The molecule has 5 nitrogen and oxygen atoms in total. The van der Waals surface area contributed by atoms with E-state index < -0.39 is 0 Å². The summed E-state index contributed by atoms with van der Waals surface area (Å²) < 4.78 is 6.92. The number of aromatic nitrogens is 2. The van der Waals surface area contributed by atoms with E-state index in [0.29, 0.717) is 13.0 Å². The average molecular weight is 273 g/mol. The van der Waals surface area contributed by atoms with E-state index in [0.717, 1.165) is 23.4 Å². The van der Waals surface area contributed by atoms with Crippen LogP contribution < -0.4 is 10.1 Å². The van der Waals surface area contributed by atoms with Gasteiger partial charge < -0.3 is 10.1 Å². The zero-order valence-corrected chi connectivity index (χ0v) is 11.8. The van der Waals surface area contributed by atoms with Gasteiger partial charge in [0.1, 0.15) is 5.75 Å². The molecule has 0 unspecified atom stereocenters. The second-order valence-electron chi connectivity index (χ2n) is 4.51. The molecule has 0 aliphatic carbocycles. The van der Waals surface area contributed by atoms with E-state index in [1.54, 1.807) is 13.3 Å². The molecule has 106 valence electrons. The number of nitrogens with one attached hydrogen (secondary N) is 1. The molecule has 0 radical (unpaired) electrons. The second kappa shape index (κ2) is 6.75. The van der Waals surface area contributed by atoms with Crippen molar-refractivity contribution in [2.45, 2.75) is 26.4 Å². The molecule has 0 bridgehead atoms. The minimum Gasteiger partial charge on any atom is -0.497 e. The zero-order valence-electron chi connectivity index (χ0n) is 11.8. The summed E-state index contributed by atoms with van der Waals surface area (Å²) >= 11 is 0. The lowest BCUT2D eigenvalue weighted by molar-refractivity contribution is -0.120. The van der Waals surface area contributed by atoms with Gasteiger partial charge in [0.15, 0.2) is 0 Å². The second-order valence-corrected chi connectivity index (χ2v) is 4.51. The molecule has 1 amide bonds. The molecular weight excluding hydrogens is 254 g/mol. The molecule has 1 N–H and O–H groups in total. The molecule has 0 atom stereocenters. The number of benzene rings is 1. The number of rotatable bonds is 6. The highest BCUT2D eigenvalue weighted by atomic mass is 16.5. The van der Waals surface area contributed by atoms with Crippen LogP contribution >= 0.6 is 0 Å². The predicted molar refractivity (Wildman–Crippen MR) is 76.4 cm³/mol. The lowest BCUT2D eigenvalue weighted by Crippen LogP contribution is -2.24. The van der Waals surface area contributed by atoms with E-state index in [9.17, 15) is 4.79 Å². The predicted octanol–water partition coefficient (Wildman–Crippen LogP) is 1.77. The normalized spacial score (nSPS) is 10.3. The molecule has 1 aromatic heterocycles. The topological polar surface area (TPSA) is 56.2 Å². The first-order valence-corrected chi connectivity index (χ1v) is 6.62. The van der Waals surface area contributed by atoms with Crippen molar-refractivity contribution in [1.82, 2.24) is 15.1 Å². The number of ether oxygens (including phenoxy) is 1. The molecule has 0 aliphatic heterocycles. The number of hydrogen-bond donors (Lipinski definition) is 1. The number of carbonyl (C=O) groups is 1. The third-order valence-corrected chi connectivity index (χ3v) is 3.02. The zero-order chi connectivity index (χ0) is 14.4. The highest BCUT2D eigenvalue weighted by Crippen LogP contribution is 2.11. The summed E-state index contributed by atoms with van der Waals surface area (Å²) in [5, 5.41) is 7.06. The van der Waals surface area contributed by atoms with Crippen molar-refractivity contribution < 1.29 is 9.53 Å². The van der Waals surface area contributed by atoms with Gasteiger partial charge in [-0.1, -0.05) is 12.1 Å². The Morgan fingerprint density at radius 3 is 2.65 bits per heavy atom. The largest absolute Gasteiger partial charge is 0.497 e. The smallest absolute Gasteiger partial charge is 0.224 e. The number of methoxy groups -OCH3 is 1. The van der Waals surface area contributed by atoms with Crippen molar-refractivity contribution in [3.63, 3.8) is 0 Å². The van der Waals surface area contributed by atoms with Crippen LogP contribution in [0, 0.1) is 0 Å². The van der Waals surface area contributed by atoms with Crippen molar-refractivity contribution >= 4 is 5.91 Å². The molecule has 0 aliphatic rings. The van der Waals surface area contributed by atoms with Gasteiger partial charge in [0, 0.05) is 24.8 Å². The number of hydrogen-bond acceptors (Lipinski definition) is 3. The minimum atomic E-state index is -0.000541. The van der Waals surface area contributed by atoms with Crippen LogP contribution in [0.2, 0.25) is 0 Å². The molecule has 2 aromatic rings. The Balaban J connectivity index is 1.82. The van der Waals surface area contributed by atoms with Crippen LogP contribution in [0.3, 0.4) is 0 Å². The molecule has 0 saturated heterocycles. The lowest BCUT2D eigenvalue weighted by Gasteiger charge is -2.05. The Morgan fingerprint density at radius 2 is 2.05 bits per heavy atom. The molecule has 1 heterocycles. The molecule has 5 heteroatoms. The van der Waals surface area contributed by atoms with Gasteiger partial charge in [0.2, 0.25) is 5.91 Å². The highest BCUT2D eigenvalue weighted by molar-refractivity contribution is 5.78. The van der Waals surface area contributed by atoms with Crippen molar-refractivity contribution in [3.05, 3.63) is 47.8 Å². The third-order valence-electron chi connectivity index (χ3n) is 3.02.